The molecule has 0 bridgehead atoms. The van der Waals surface area contributed by atoms with Gasteiger partial charge in [-0.2, -0.15) is 0 Å². The number of hydrogen-bond acceptors (Lipinski definition) is 6. The van der Waals surface area contributed by atoms with Crippen LogP contribution in [0.25, 0.3) is 11.4 Å². The van der Waals surface area contributed by atoms with Crippen molar-refractivity contribution in [2.75, 3.05) is 18.0 Å². The second kappa shape index (κ2) is 7.76. The highest BCUT2D eigenvalue weighted by atomic mass is 16.3. The SMILES string of the molecule is NC(=O)c1cc(N2CCCC2)nc(-c2cccc(C#CC(O)C=O)c2)n1. The molecule has 1 atom stereocenters. The number of aliphatic hydroxyl groups excluding tert-OH is 1. The number of nitrogens with two attached hydrogens (primary N) is 1. The number of rotatable bonds is 4. The number of carbonyl (C=O) groups is 2. The largest absolute Gasteiger partial charge is 0.373 e. The van der Waals surface area contributed by atoms with Crippen molar-refractivity contribution in [1.82, 2.24) is 9.97 Å². The molecule has 1 amide bonds. The highest BCUT2D eigenvalue weighted by Crippen LogP contribution is 2.23. The molecule has 2 heterocycles. The molecule has 0 saturated carbocycles. The summed E-state index contributed by atoms with van der Waals surface area (Å²) < 4.78 is 0. The van der Waals surface area contributed by atoms with Crippen LogP contribution in [0.5, 0.6) is 0 Å². The summed E-state index contributed by atoms with van der Waals surface area (Å²) in [7, 11) is 0. The van der Waals surface area contributed by atoms with Gasteiger partial charge in [0, 0.05) is 30.3 Å². The molecule has 1 unspecified atom stereocenters. The minimum absolute atomic E-state index is 0.157. The van der Waals surface area contributed by atoms with Gasteiger partial charge in [0.15, 0.2) is 18.2 Å². The maximum atomic E-state index is 11.7. The average molecular weight is 350 g/mol. The molecule has 1 fully saturated rings. The Morgan fingerprint density at radius 2 is 2.04 bits per heavy atom. The lowest BCUT2D eigenvalue weighted by Crippen LogP contribution is -2.22. The highest BCUT2D eigenvalue weighted by Gasteiger charge is 2.18. The third-order valence-electron chi connectivity index (χ3n) is 4.01. The fourth-order valence-corrected chi connectivity index (χ4v) is 2.73. The summed E-state index contributed by atoms with van der Waals surface area (Å²) in [5.74, 6) is 5.59. The molecule has 132 valence electrons. The molecule has 0 spiro atoms. The molecule has 7 nitrogen and oxygen atoms in total. The minimum Gasteiger partial charge on any atom is -0.373 e. The highest BCUT2D eigenvalue weighted by molar-refractivity contribution is 5.92. The molecule has 0 radical (unpaired) electrons. The molecule has 0 aliphatic carbocycles. The van der Waals surface area contributed by atoms with Crippen molar-refractivity contribution in [3.05, 3.63) is 41.6 Å². The zero-order valence-corrected chi connectivity index (χ0v) is 14.1. The lowest BCUT2D eigenvalue weighted by atomic mass is 10.1. The zero-order valence-electron chi connectivity index (χ0n) is 14.1. The Morgan fingerprint density at radius 1 is 1.27 bits per heavy atom. The zero-order chi connectivity index (χ0) is 18.5. The molecule has 1 saturated heterocycles. The normalized spacial score (nSPS) is 14.4. The second-order valence-electron chi connectivity index (χ2n) is 5.92. The van der Waals surface area contributed by atoms with Gasteiger partial charge in [-0.25, -0.2) is 9.97 Å². The Kier molecular flexibility index (Phi) is 5.25. The van der Waals surface area contributed by atoms with Crippen molar-refractivity contribution in [2.24, 2.45) is 5.73 Å². The fourth-order valence-electron chi connectivity index (χ4n) is 2.73. The number of aldehydes is 1. The van der Waals surface area contributed by atoms with E-state index in [4.69, 9.17) is 5.73 Å². The van der Waals surface area contributed by atoms with Crippen LogP contribution in [-0.2, 0) is 4.79 Å². The number of aliphatic hydroxyl groups is 1. The summed E-state index contributed by atoms with van der Waals surface area (Å²) in [4.78, 5) is 33.1. The molecule has 1 aliphatic rings. The van der Waals surface area contributed by atoms with Crippen molar-refractivity contribution < 1.29 is 14.7 Å². The summed E-state index contributed by atoms with van der Waals surface area (Å²) >= 11 is 0. The van der Waals surface area contributed by atoms with Gasteiger partial charge in [-0.1, -0.05) is 24.0 Å². The average Bonchev–Trinajstić information content (AvgIpc) is 3.20. The van der Waals surface area contributed by atoms with E-state index >= 15 is 0 Å². The van der Waals surface area contributed by atoms with Gasteiger partial charge >= 0.3 is 0 Å². The molecular weight excluding hydrogens is 332 g/mol. The van der Waals surface area contributed by atoms with Crippen LogP contribution in [0.1, 0.15) is 28.9 Å². The first-order valence-corrected chi connectivity index (χ1v) is 8.26. The Morgan fingerprint density at radius 3 is 2.73 bits per heavy atom. The van der Waals surface area contributed by atoms with E-state index in [0.717, 1.165) is 25.9 Å². The number of anilines is 1. The monoisotopic (exact) mass is 350 g/mol. The van der Waals surface area contributed by atoms with Crippen molar-refractivity contribution in [1.29, 1.82) is 0 Å². The van der Waals surface area contributed by atoms with Crippen molar-refractivity contribution in [3.63, 3.8) is 0 Å². The third kappa shape index (κ3) is 4.05. The van der Waals surface area contributed by atoms with Gasteiger partial charge < -0.3 is 15.7 Å². The number of hydrogen-bond donors (Lipinski definition) is 2. The number of nitrogens with zero attached hydrogens (tertiary/aromatic N) is 3. The Labute approximate surface area is 150 Å². The van der Waals surface area contributed by atoms with E-state index in [9.17, 15) is 14.7 Å². The molecule has 1 aromatic heterocycles. The first-order valence-electron chi connectivity index (χ1n) is 8.26. The van der Waals surface area contributed by atoms with Crippen LogP contribution in [-0.4, -0.2) is 46.5 Å². The molecule has 3 N–H and O–H groups in total. The third-order valence-corrected chi connectivity index (χ3v) is 4.01. The van der Waals surface area contributed by atoms with Gasteiger partial charge in [-0.3, -0.25) is 9.59 Å². The smallest absolute Gasteiger partial charge is 0.267 e. The number of aromatic nitrogens is 2. The topological polar surface area (TPSA) is 109 Å². The summed E-state index contributed by atoms with van der Waals surface area (Å²) in [5, 5.41) is 9.24. The molecule has 2 aromatic rings. The summed E-state index contributed by atoms with van der Waals surface area (Å²) in [6.07, 6.45) is 1.19. The van der Waals surface area contributed by atoms with Gasteiger partial charge in [0.05, 0.1) is 0 Å². The maximum absolute atomic E-state index is 11.7. The van der Waals surface area contributed by atoms with Crippen molar-refractivity contribution in [2.45, 2.75) is 18.9 Å². The van der Waals surface area contributed by atoms with Crippen LogP contribution in [0, 0.1) is 11.8 Å². The van der Waals surface area contributed by atoms with Crippen LogP contribution in [0.15, 0.2) is 30.3 Å². The van der Waals surface area contributed by atoms with Gasteiger partial charge in [0.2, 0.25) is 0 Å². The Balaban J connectivity index is 2.00. The molecule has 7 heteroatoms. The second-order valence-corrected chi connectivity index (χ2v) is 5.92. The van der Waals surface area contributed by atoms with Gasteiger partial charge in [-0.15, -0.1) is 0 Å². The Hall–Kier alpha value is -3.24. The van der Waals surface area contributed by atoms with E-state index in [-0.39, 0.29) is 5.69 Å². The summed E-state index contributed by atoms with van der Waals surface area (Å²) in [6, 6.07) is 8.66. The van der Waals surface area contributed by atoms with Crippen LogP contribution in [0.2, 0.25) is 0 Å². The van der Waals surface area contributed by atoms with Gasteiger partial charge in [0.25, 0.3) is 5.91 Å². The molecule has 3 rings (SSSR count). The lowest BCUT2D eigenvalue weighted by Gasteiger charge is -2.17. The van der Waals surface area contributed by atoms with Gasteiger partial charge in [0.1, 0.15) is 11.5 Å². The molecule has 1 aromatic carbocycles. The predicted molar refractivity (Wildman–Crippen MR) is 96.4 cm³/mol. The molecular formula is C19H18N4O3. The minimum atomic E-state index is -1.32. The number of benzene rings is 1. The van der Waals surface area contributed by atoms with Crippen LogP contribution in [0.3, 0.4) is 0 Å². The van der Waals surface area contributed by atoms with Crippen molar-refractivity contribution in [3.8, 4) is 23.2 Å². The standard InChI is InChI=1S/C19H18N4O3/c20-18(26)16-11-17(23-8-1-2-9-23)22-19(21-16)14-5-3-4-13(10-14)6-7-15(25)12-24/h3-5,10-12,15,25H,1-2,8-9H2,(H2,20,26). The van der Waals surface area contributed by atoms with Crippen LogP contribution >= 0.6 is 0 Å². The van der Waals surface area contributed by atoms with E-state index in [1.165, 1.54) is 0 Å². The first-order chi connectivity index (χ1) is 12.6. The maximum Gasteiger partial charge on any atom is 0.267 e. The van der Waals surface area contributed by atoms with Gasteiger partial charge in [-0.05, 0) is 25.0 Å². The van der Waals surface area contributed by atoms with E-state index in [2.05, 4.69) is 26.7 Å². The van der Waals surface area contributed by atoms with Crippen LogP contribution < -0.4 is 10.6 Å². The first kappa shape index (κ1) is 17.6. The van der Waals surface area contributed by atoms with E-state index < -0.39 is 12.0 Å². The van der Waals surface area contributed by atoms with E-state index in [1.807, 2.05) is 0 Å². The predicted octanol–water partition coefficient (Wildman–Crippen LogP) is 0.754. The fraction of sp³-hybridized carbons (Fsp3) is 0.263. The molecule has 1 aliphatic heterocycles. The Bertz CT molecular complexity index is 895. The molecule has 26 heavy (non-hydrogen) atoms. The van der Waals surface area contributed by atoms with E-state index in [0.29, 0.717) is 29.1 Å². The quantitative estimate of drug-likeness (QED) is 0.622. The van der Waals surface area contributed by atoms with E-state index in [1.54, 1.807) is 30.3 Å². The lowest BCUT2D eigenvalue weighted by molar-refractivity contribution is -0.112. The number of primary amides is 1. The number of carbonyl (C=O) groups excluding carboxylic acids is 2. The van der Waals surface area contributed by atoms with Crippen LogP contribution in [0.4, 0.5) is 5.82 Å². The van der Waals surface area contributed by atoms with Crippen molar-refractivity contribution >= 4 is 18.0 Å². The summed E-state index contributed by atoms with van der Waals surface area (Å²) in [5.41, 5.74) is 6.84. The number of amides is 1. The summed E-state index contributed by atoms with van der Waals surface area (Å²) in [6.45, 7) is 1.76.